The summed E-state index contributed by atoms with van der Waals surface area (Å²) in [5, 5.41) is 12.6. The van der Waals surface area contributed by atoms with Crippen LogP contribution in [0.5, 0.6) is 0 Å². The van der Waals surface area contributed by atoms with Gasteiger partial charge in [-0.3, -0.25) is 4.90 Å². The van der Waals surface area contributed by atoms with Crippen molar-refractivity contribution in [2.24, 2.45) is 0 Å². The molecule has 0 aliphatic carbocycles. The van der Waals surface area contributed by atoms with Gasteiger partial charge >= 0.3 is 0 Å². The fourth-order valence-corrected chi connectivity index (χ4v) is 4.00. The highest BCUT2D eigenvalue weighted by atomic mass is 35.5. The van der Waals surface area contributed by atoms with Gasteiger partial charge in [-0.15, -0.1) is 16.4 Å². The lowest BCUT2D eigenvalue weighted by atomic mass is 10.1. The fourth-order valence-electron chi connectivity index (χ4n) is 3.11. The number of halogens is 1. The number of hydrogen-bond acceptors (Lipinski definition) is 5. The van der Waals surface area contributed by atoms with Crippen LogP contribution in [-0.4, -0.2) is 38.0 Å². The van der Waals surface area contributed by atoms with Crippen molar-refractivity contribution in [1.29, 1.82) is 0 Å². The van der Waals surface area contributed by atoms with E-state index in [4.69, 9.17) is 11.6 Å². The third kappa shape index (κ3) is 3.36. The second kappa shape index (κ2) is 7.01. The summed E-state index contributed by atoms with van der Waals surface area (Å²) in [6.07, 6.45) is 6.05. The van der Waals surface area contributed by atoms with Crippen LogP contribution in [0.4, 0.5) is 0 Å². The Balaban J connectivity index is 1.40. The first-order valence-corrected chi connectivity index (χ1v) is 9.33. The van der Waals surface area contributed by atoms with Gasteiger partial charge in [-0.25, -0.2) is 9.67 Å². The summed E-state index contributed by atoms with van der Waals surface area (Å²) >= 11 is 7.98. The van der Waals surface area contributed by atoms with Crippen LogP contribution in [0.2, 0.25) is 5.02 Å². The van der Waals surface area contributed by atoms with Gasteiger partial charge in [0, 0.05) is 30.2 Å². The Labute approximate surface area is 149 Å². The molecule has 0 amide bonds. The summed E-state index contributed by atoms with van der Waals surface area (Å²) in [6.45, 7) is 3.07. The van der Waals surface area contributed by atoms with Crippen LogP contribution in [0, 0.1) is 0 Å². The van der Waals surface area contributed by atoms with Gasteiger partial charge in [0.1, 0.15) is 10.7 Å². The van der Waals surface area contributed by atoms with Gasteiger partial charge in [-0.2, -0.15) is 0 Å². The topological polar surface area (TPSA) is 46.8 Å². The Morgan fingerprint density at radius 3 is 2.79 bits per heavy atom. The number of thiazole rings is 1. The lowest BCUT2D eigenvalue weighted by molar-refractivity contribution is 0.172. The molecule has 124 valence electrons. The van der Waals surface area contributed by atoms with Crippen molar-refractivity contribution in [3.05, 3.63) is 52.1 Å². The molecule has 3 aromatic rings. The highest BCUT2D eigenvalue weighted by Gasteiger charge is 2.22. The number of likely N-dealkylation sites (tertiary alicyclic amines) is 1. The maximum atomic E-state index is 6.25. The van der Waals surface area contributed by atoms with Crippen LogP contribution in [0.15, 0.2) is 42.0 Å². The Morgan fingerprint density at radius 2 is 2.04 bits per heavy atom. The monoisotopic (exact) mass is 359 g/mol. The molecule has 0 spiro atoms. The highest BCUT2D eigenvalue weighted by Crippen LogP contribution is 2.28. The van der Waals surface area contributed by atoms with Crippen LogP contribution in [0.1, 0.15) is 23.9 Å². The van der Waals surface area contributed by atoms with Crippen LogP contribution < -0.4 is 0 Å². The van der Waals surface area contributed by atoms with E-state index in [1.165, 1.54) is 5.01 Å². The molecule has 2 aromatic heterocycles. The minimum atomic E-state index is 0.404. The van der Waals surface area contributed by atoms with E-state index in [0.29, 0.717) is 11.1 Å². The van der Waals surface area contributed by atoms with Crippen molar-refractivity contribution in [1.82, 2.24) is 24.9 Å². The summed E-state index contributed by atoms with van der Waals surface area (Å²) in [4.78, 5) is 6.83. The normalized spacial score (nSPS) is 16.5. The zero-order valence-electron chi connectivity index (χ0n) is 13.2. The quantitative estimate of drug-likeness (QED) is 0.709. The number of benzene rings is 1. The second-order valence-corrected chi connectivity index (χ2v) is 7.38. The molecule has 1 saturated heterocycles. The van der Waals surface area contributed by atoms with Crippen LogP contribution in [-0.2, 0) is 6.54 Å². The maximum Gasteiger partial charge on any atom is 0.114 e. The van der Waals surface area contributed by atoms with Gasteiger partial charge < -0.3 is 0 Å². The predicted octanol–water partition coefficient (Wildman–Crippen LogP) is 3.89. The number of hydrogen-bond donors (Lipinski definition) is 0. The van der Waals surface area contributed by atoms with Crippen molar-refractivity contribution in [2.75, 3.05) is 13.1 Å². The number of nitrogens with zero attached hydrogens (tertiary/aromatic N) is 5. The molecular formula is C17H18ClN5S. The van der Waals surface area contributed by atoms with Gasteiger partial charge in [0.25, 0.3) is 0 Å². The van der Waals surface area contributed by atoms with Gasteiger partial charge in [-0.1, -0.05) is 35.0 Å². The highest BCUT2D eigenvalue weighted by molar-refractivity contribution is 7.09. The Kier molecular flexibility index (Phi) is 4.60. The Morgan fingerprint density at radius 1 is 1.21 bits per heavy atom. The SMILES string of the molecule is Clc1ccccc1-c1cn(C2CCN(Cc3nccs3)CC2)nn1. The summed E-state index contributed by atoms with van der Waals surface area (Å²) in [6, 6.07) is 8.16. The maximum absolute atomic E-state index is 6.25. The average Bonchev–Trinajstić information content (AvgIpc) is 3.28. The zero-order chi connectivity index (χ0) is 16.4. The van der Waals surface area contributed by atoms with Gasteiger partial charge in [0.15, 0.2) is 0 Å². The van der Waals surface area contributed by atoms with Crippen molar-refractivity contribution in [3.63, 3.8) is 0 Å². The van der Waals surface area contributed by atoms with E-state index in [-0.39, 0.29) is 0 Å². The van der Waals surface area contributed by atoms with Crippen molar-refractivity contribution in [2.45, 2.75) is 25.4 Å². The third-order valence-corrected chi connectivity index (χ3v) is 5.53. The molecule has 0 atom stereocenters. The zero-order valence-corrected chi connectivity index (χ0v) is 14.7. The van der Waals surface area contributed by atoms with Crippen LogP contribution in [0.25, 0.3) is 11.3 Å². The first-order valence-electron chi connectivity index (χ1n) is 8.07. The summed E-state index contributed by atoms with van der Waals surface area (Å²) in [7, 11) is 0. The molecule has 1 aromatic carbocycles. The Bertz CT molecular complexity index is 793. The first-order chi connectivity index (χ1) is 11.8. The minimum Gasteiger partial charge on any atom is -0.297 e. The molecule has 3 heterocycles. The van der Waals surface area contributed by atoms with E-state index >= 15 is 0 Å². The molecule has 4 rings (SSSR count). The van der Waals surface area contributed by atoms with Crippen molar-refractivity contribution >= 4 is 22.9 Å². The average molecular weight is 360 g/mol. The molecule has 24 heavy (non-hydrogen) atoms. The van der Waals surface area contributed by atoms with Gasteiger partial charge in [0.2, 0.25) is 0 Å². The number of piperidine rings is 1. The second-order valence-electron chi connectivity index (χ2n) is 6.00. The number of rotatable bonds is 4. The smallest absolute Gasteiger partial charge is 0.114 e. The van der Waals surface area contributed by atoms with Gasteiger partial charge in [0.05, 0.1) is 23.8 Å². The van der Waals surface area contributed by atoms with Gasteiger partial charge in [-0.05, 0) is 18.9 Å². The van der Waals surface area contributed by atoms with Crippen LogP contribution >= 0.6 is 22.9 Å². The number of aromatic nitrogens is 4. The van der Waals surface area contributed by atoms with E-state index in [1.807, 2.05) is 46.7 Å². The van der Waals surface area contributed by atoms with E-state index in [9.17, 15) is 0 Å². The molecule has 0 saturated carbocycles. The molecule has 0 unspecified atom stereocenters. The molecule has 1 aliphatic rings. The predicted molar refractivity (Wildman–Crippen MR) is 96.1 cm³/mol. The van der Waals surface area contributed by atoms with E-state index in [1.54, 1.807) is 11.3 Å². The molecule has 0 radical (unpaired) electrons. The summed E-state index contributed by atoms with van der Waals surface area (Å²) < 4.78 is 2.00. The standard InChI is InChI=1S/C17H18ClN5S/c18-15-4-2-1-3-14(15)16-11-23(21-20-16)13-5-8-22(9-6-13)12-17-19-7-10-24-17/h1-4,7,10-11,13H,5-6,8-9,12H2. The minimum absolute atomic E-state index is 0.404. The molecule has 1 aliphatic heterocycles. The summed E-state index contributed by atoms with van der Waals surface area (Å²) in [5.74, 6) is 0. The summed E-state index contributed by atoms with van der Waals surface area (Å²) in [5.41, 5.74) is 1.78. The molecule has 0 bridgehead atoms. The molecule has 7 heteroatoms. The third-order valence-electron chi connectivity index (χ3n) is 4.43. The molecule has 5 nitrogen and oxygen atoms in total. The van der Waals surface area contributed by atoms with Crippen molar-refractivity contribution < 1.29 is 0 Å². The van der Waals surface area contributed by atoms with E-state index in [2.05, 4.69) is 20.2 Å². The largest absolute Gasteiger partial charge is 0.297 e. The van der Waals surface area contributed by atoms with E-state index in [0.717, 1.165) is 43.7 Å². The first kappa shape index (κ1) is 15.7. The Hall–Kier alpha value is -1.76. The molecule has 0 N–H and O–H groups in total. The molecular weight excluding hydrogens is 342 g/mol. The lowest BCUT2D eigenvalue weighted by Gasteiger charge is -2.31. The van der Waals surface area contributed by atoms with Crippen molar-refractivity contribution in [3.8, 4) is 11.3 Å². The molecule has 1 fully saturated rings. The van der Waals surface area contributed by atoms with E-state index < -0.39 is 0 Å². The lowest BCUT2D eigenvalue weighted by Crippen LogP contribution is -2.34. The fraction of sp³-hybridized carbons (Fsp3) is 0.353. The van der Waals surface area contributed by atoms with Crippen LogP contribution in [0.3, 0.4) is 0 Å².